The first-order chi connectivity index (χ1) is 10.4. The standard InChI is InChI=1S/C16H22O5S/c1-16(2)20-11-13(21-16)8-9-22(18)14-6-4-12(5-7-14)10-15(17)19-3/h4-7,13H,8-11H2,1-3H3/t13?,22-/m0/s1. The molecule has 0 amide bonds. The molecule has 122 valence electrons. The number of carbonyl (C=O) groups is 1. The number of methoxy groups -OCH3 is 1. The van der Waals surface area contributed by atoms with Crippen LogP contribution in [0.5, 0.6) is 0 Å². The van der Waals surface area contributed by atoms with E-state index in [2.05, 4.69) is 4.74 Å². The van der Waals surface area contributed by atoms with E-state index in [0.717, 1.165) is 10.5 Å². The van der Waals surface area contributed by atoms with Crippen molar-refractivity contribution in [2.24, 2.45) is 0 Å². The largest absolute Gasteiger partial charge is 0.469 e. The van der Waals surface area contributed by atoms with Gasteiger partial charge in [0, 0.05) is 10.6 Å². The second-order valence-corrected chi connectivity index (χ2v) is 7.26. The summed E-state index contributed by atoms with van der Waals surface area (Å²) in [6.07, 6.45) is 0.920. The van der Waals surface area contributed by atoms with Crippen molar-refractivity contribution in [3.05, 3.63) is 29.8 Å². The Balaban J connectivity index is 1.84. The average Bonchev–Trinajstić information content (AvgIpc) is 2.84. The van der Waals surface area contributed by atoms with Crippen molar-refractivity contribution in [3.8, 4) is 0 Å². The topological polar surface area (TPSA) is 61.8 Å². The highest BCUT2D eigenvalue weighted by Crippen LogP contribution is 2.24. The first kappa shape index (κ1) is 17.1. The Labute approximate surface area is 133 Å². The molecule has 5 nitrogen and oxygen atoms in total. The molecule has 0 aromatic heterocycles. The highest BCUT2D eigenvalue weighted by atomic mass is 32.2. The summed E-state index contributed by atoms with van der Waals surface area (Å²) in [6, 6.07) is 7.21. The Morgan fingerprint density at radius 2 is 2.05 bits per heavy atom. The molecular weight excluding hydrogens is 304 g/mol. The second-order valence-electron chi connectivity index (χ2n) is 5.69. The SMILES string of the molecule is COC(=O)Cc1ccc([S@@](=O)CCC2COC(C)(C)O2)cc1. The molecule has 1 fully saturated rings. The van der Waals surface area contributed by atoms with Gasteiger partial charge in [-0.05, 0) is 38.0 Å². The number of esters is 1. The van der Waals surface area contributed by atoms with Gasteiger partial charge in [-0.15, -0.1) is 0 Å². The molecule has 1 aliphatic heterocycles. The Hall–Kier alpha value is -1.24. The van der Waals surface area contributed by atoms with Gasteiger partial charge in [0.15, 0.2) is 5.79 Å². The van der Waals surface area contributed by atoms with Crippen LogP contribution in [0.25, 0.3) is 0 Å². The van der Waals surface area contributed by atoms with E-state index in [1.54, 1.807) is 12.1 Å². The Morgan fingerprint density at radius 1 is 1.36 bits per heavy atom. The van der Waals surface area contributed by atoms with Gasteiger partial charge in [-0.3, -0.25) is 9.00 Å². The van der Waals surface area contributed by atoms with E-state index in [0.29, 0.717) is 18.8 Å². The van der Waals surface area contributed by atoms with E-state index in [4.69, 9.17) is 9.47 Å². The summed E-state index contributed by atoms with van der Waals surface area (Å²) in [7, 11) is 0.284. The second kappa shape index (κ2) is 7.35. The predicted molar refractivity (Wildman–Crippen MR) is 83.0 cm³/mol. The van der Waals surface area contributed by atoms with Gasteiger partial charge >= 0.3 is 5.97 Å². The average molecular weight is 326 g/mol. The molecule has 1 heterocycles. The van der Waals surface area contributed by atoms with Gasteiger partial charge in [0.1, 0.15) is 0 Å². The third-order valence-electron chi connectivity index (χ3n) is 3.45. The number of ether oxygens (including phenoxy) is 3. The van der Waals surface area contributed by atoms with Crippen molar-refractivity contribution in [2.45, 2.75) is 43.5 Å². The maximum atomic E-state index is 12.3. The lowest BCUT2D eigenvalue weighted by Crippen LogP contribution is -2.22. The highest BCUT2D eigenvalue weighted by Gasteiger charge is 2.32. The third-order valence-corrected chi connectivity index (χ3v) is 4.86. The molecule has 2 atom stereocenters. The maximum Gasteiger partial charge on any atom is 0.309 e. The normalized spacial score (nSPS) is 21.5. The molecule has 0 spiro atoms. The minimum absolute atomic E-state index is 0.00227. The molecule has 22 heavy (non-hydrogen) atoms. The van der Waals surface area contributed by atoms with Gasteiger partial charge in [-0.1, -0.05) is 12.1 Å². The summed E-state index contributed by atoms with van der Waals surface area (Å²) >= 11 is 0. The molecule has 1 saturated heterocycles. The van der Waals surface area contributed by atoms with Crippen LogP contribution in [0.15, 0.2) is 29.2 Å². The van der Waals surface area contributed by atoms with Crippen molar-refractivity contribution in [1.82, 2.24) is 0 Å². The maximum absolute atomic E-state index is 12.3. The van der Waals surface area contributed by atoms with E-state index in [1.165, 1.54) is 7.11 Å². The smallest absolute Gasteiger partial charge is 0.309 e. The molecule has 0 bridgehead atoms. The van der Waals surface area contributed by atoms with Gasteiger partial charge < -0.3 is 14.2 Å². The summed E-state index contributed by atoms with van der Waals surface area (Å²) in [5, 5.41) is 0. The first-order valence-corrected chi connectivity index (χ1v) is 8.57. The molecule has 2 rings (SSSR count). The quantitative estimate of drug-likeness (QED) is 0.749. The molecule has 1 aromatic carbocycles. The van der Waals surface area contributed by atoms with Crippen LogP contribution in [0.2, 0.25) is 0 Å². The Bertz CT molecular complexity index is 538. The summed E-state index contributed by atoms with van der Waals surface area (Å²) in [5.41, 5.74) is 0.849. The lowest BCUT2D eigenvalue weighted by Gasteiger charge is -2.16. The number of carbonyl (C=O) groups excluding carboxylic acids is 1. The van der Waals surface area contributed by atoms with Crippen molar-refractivity contribution in [2.75, 3.05) is 19.5 Å². The predicted octanol–water partition coefficient (Wildman–Crippen LogP) is 2.05. The summed E-state index contributed by atoms with van der Waals surface area (Å²) in [6.45, 7) is 4.30. The molecule has 0 N–H and O–H groups in total. The van der Waals surface area contributed by atoms with Crippen LogP contribution in [0.3, 0.4) is 0 Å². The summed E-state index contributed by atoms with van der Waals surface area (Å²) < 4.78 is 28.1. The van der Waals surface area contributed by atoms with Crippen LogP contribution < -0.4 is 0 Å². The van der Waals surface area contributed by atoms with Crippen LogP contribution >= 0.6 is 0 Å². The zero-order valence-corrected chi connectivity index (χ0v) is 14.0. The molecule has 0 aliphatic carbocycles. The van der Waals surface area contributed by atoms with Gasteiger partial charge in [0.05, 0.1) is 37.0 Å². The van der Waals surface area contributed by atoms with E-state index >= 15 is 0 Å². The van der Waals surface area contributed by atoms with Crippen molar-refractivity contribution < 1.29 is 23.2 Å². The van der Waals surface area contributed by atoms with E-state index in [9.17, 15) is 9.00 Å². The fourth-order valence-corrected chi connectivity index (χ4v) is 3.41. The fraction of sp³-hybridized carbons (Fsp3) is 0.562. The minimum atomic E-state index is -1.08. The fourth-order valence-electron chi connectivity index (χ4n) is 2.26. The lowest BCUT2D eigenvalue weighted by molar-refractivity contribution is -0.140. The van der Waals surface area contributed by atoms with Gasteiger partial charge in [0.25, 0.3) is 0 Å². The molecule has 0 saturated carbocycles. The molecule has 0 radical (unpaired) electrons. The van der Waals surface area contributed by atoms with E-state index in [1.807, 2.05) is 26.0 Å². The number of benzene rings is 1. The van der Waals surface area contributed by atoms with Crippen LogP contribution in [0.1, 0.15) is 25.8 Å². The monoisotopic (exact) mass is 326 g/mol. The molecule has 1 aliphatic rings. The van der Waals surface area contributed by atoms with Crippen LogP contribution in [0, 0.1) is 0 Å². The third kappa shape index (κ3) is 4.90. The highest BCUT2D eigenvalue weighted by molar-refractivity contribution is 7.85. The van der Waals surface area contributed by atoms with Crippen molar-refractivity contribution in [1.29, 1.82) is 0 Å². The Kier molecular flexibility index (Phi) is 5.72. The van der Waals surface area contributed by atoms with Crippen LogP contribution in [0.4, 0.5) is 0 Å². The molecule has 6 heteroatoms. The molecule has 1 unspecified atom stereocenters. The lowest BCUT2D eigenvalue weighted by atomic mass is 10.2. The molecular formula is C16H22O5S. The first-order valence-electron chi connectivity index (χ1n) is 7.25. The molecule has 1 aromatic rings. The number of hydrogen-bond acceptors (Lipinski definition) is 5. The minimum Gasteiger partial charge on any atom is -0.469 e. The van der Waals surface area contributed by atoms with E-state index in [-0.39, 0.29) is 18.5 Å². The van der Waals surface area contributed by atoms with Gasteiger partial charge in [0.2, 0.25) is 0 Å². The van der Waals surface area contributed by atoms with Gasteiger partial charge in [-0.2, -0.15) is 0 Å². The number of rotatable bonds is 6. The Morgan fingerprint density at radius 3 is 2.59 bits per heavy atom. The van der Waals surface area contributed by atoms with Gasteiger partial charge in [-0.25, -0.2) is 0 Å². The zero-order chi connectivity index (χ0) is 16.2. The van der Waals surface area contributed by atoms with E-state index < -0.39 is 16.6 Å². The zero-order valence-electron chi connectivity index (χ0n) is 13.2. The summed E-state index contributed by atoms with van der Waals surface area (Å²) in [4.78, 5) is 12.0. The summed E-state index contributed by atoms with van der Waals surface area (Å²) in [5.74, 6) is -0.294. The van der Waals surface area contributed by atoms with Crippen molar-refractivity contribution in [3.63, 3.8) is 0 Å². The van der Waals surface area contributed by atoms with Crippen LogP contribution in [-0.4, -0.2) is 41.5 Å². The van der Waals surface area contributed by atoms with Crippen LogP contribution in [-0.2, 0) is 36.2 Å². The number of hydrogen-bond donors (Lipinski definition) is 0. The van der Waals surface area contributed by atoms with Crippen molar-refractivity contribution >= 4 is 16.8 Å².